The Labute approximate surface area is 212 Å². The van der Waals surface area contributed by atoms with Crippen LogP contribution in [0.5, 0.6) is 0 Å². The summed E-state index contributed by atoms with van der Waals surface area (Å²) < 4.78 is 3.58. The number of hydrogen-bond acceptors (Lipinski definition) is 6. The Morgan fingerprint density at radius 3 is 2.64 bits per heavy atom. The van der Waals surface area contributed by atoms with E-state index < -0.39 is 0 Å². The lowest BCUT2D eigenvalue weighted by Crippen LogP contribution is -2.33. The average Bonchev–Trinajstić information content (AvgIpc) is 3.14. The highest BCUT2D eigenvalue weighted by Crippen LogP contribution is 2.28. The van der Waals surface area contributed by atoms with Crippen LogP contribution in [-0.4, -0.2) is 49.4 Å². The number of rotatable bonds is 5. The van der Waals surface area contributed by atoms with Crippen LogP contribution in [0.4, 0.5) is 11.5 Å². The van der Waals surface area contributed by atoms with Crippen LogP contribution in [0.1, 0.15) is 51.1 Å². The fraction of sp³-hybridized carbons (Fsp3) is 0.429. The Kier molecular flexibility index (Phi) is 6.16. The van der Waals surface area contributed by atoms with Crippen LogP contribution in [0.15, 0.2) is 47.5 Å². The van der Waals surface area contributed by atoms with Crippen LogP contribution in [-0.2, 0) is 24.8 Å². The van der Waals surface area contributed by atoms with Crippen molar-refractivity contribution in [3.63, 3.8) is 0 Å². The van der Waals surface area contributed by atoms with Gasteiger partial charge in [0.15, 0.2) is 5.82 Å². The van der Waals surface area contributed by atoms with Crippen molar-refractivity contribution in [3.8, 4) is 5.82 Å². The molecule has 8 nitrogen and oxygen atoms in total. The first-order chi connectivity index (χ1) is 17.2. The molecule has 36 heavy (non-hydrogen) atoms. The Hall–Kier alpha value is -3.52. The van der Waals surface area contributed by atoms with Crippen LogP contribution in [0, 0.1) is 0 Å². The molecule has 0 fully saturated rings. The molecule has 188 valence electrons. The van der Waals surface area contributed by atoms with Gasteiger partial charge in [0.2, 0.25) is 0 Å². The topological polar surface area (TPSA) is 80.9 Å². The summed E-state index contributed by atoms with van der Waals surface area (Å²) in [7, 11) is 4.31. The van der Waals surface area contributed by atoms with Crippen molar-refractivity contribution in [1.29, 1.82) is 0 Å². The number of benzene rings is 1. The molecule has 0 saturated carbocycles. The number of hydrogen-bond donors (Lipinski definition) is 1. The molecule has 4 aromatic rings. The van der Waals surface area contributed by atoms with Crippen molar-refractivity contribution in [1.82, 2.24) is 29.2 Å². The van der Waals surface area contributed by atoms with Crippen LogP contribution in [0.25, 0.3) is 16.7 Å². The summed E-state index contributed by atoms with van der Waals surface area (Å²) in [4.78, 5) is 29.4. The second-order valence-electron chi connectivity index (χ2n) is 10.9. The number of aromatic nitrogens is 5. The molecule has 0 aliphatic heterocycles. The molecule has 0 amide bonds. The van der Waals surface area contributed by atoms with E-state index in [1.165, 1.54) is 17.5 Å². The molecule has 0 spiro atoms. The molecule has 1 aliphatic carbocycles. The summed E-state index contributed by atoms with van der Waals surface area (Å²) in [6.07, 6.45) is 6.77. The van der Waals surface area contributed by atoms with Crippen molar-refractivity contribution in [2.75, 3.05) is 19.4 Å². The Morgan fingerprint density at radius 1 is 1.11 bits per heavy atom. The SMILES string of the molecule is CCn1c(=O)c2cnc(Nc3ccc4c(c3)CC(N(C)C)CC4)cc2n1-c1ccnc(C(C)(C)C)n1. The second kappa shape index (κ2) is 9.17. The van der Waals surface area contributed by atoms with E-state index in [9.17, 15) is 4.79 Å². The first-order valence-electron chi connectivity index (χ1n) is 12.7. The molecule has 1 N–H and O–H groups in total. The molecule has 3 heterocycles. The minimum absolute atomic E-state index is 0.0778. The summed E-state index contributed by atoms with van der Waals surface area (Å²) in [6.45, 7) is 8.72. The van der Waals surface area contributed by atoms with Gasteiger partial charge in [0.1, 0.15) is 11.6 Å². The Balaban J connectivity index is 1.55. The number of fused-ring (bicyclic) bond motifs is 2. The van der Waals surface area contributed by atoms with Crippen LogP contribution >= 0.6 is 0 Å². The smallest absolute Gasteiger partial charge is 0.276 e. The van der Waals surface area contributed by atoms with E-state index in [-0.39, 0.29) is 11.0 Å². The van der Waals surface area contributed by atoms with Crippen LogP contribution in [0.3, 0.4) is 0 Å². The van der Waals surface area contributed by atoms with E-state index >= 15 is 0 Å². The zero-order valence-electron chi connectivity index (χ0n) is 22.0. The van der Waals surface area contributed by atoms with E-state index in [1.54, 1.807) is 17.1 Å². The third kappa shape index (κ3) is 4.41. The maximum Gasteiger partial charge on any atom is 0.276 e. The highest BCUT2D eigenvalue weighted by atomic mass is 16.1. The van der Waals surface area contributed by atoms with E-state index in [0.717, 1.165) is 29.9 Å². The first-order valence-corrected chi connectivity index (χ1v) is 12.7. The molecule has 0 radical (unpaired) electrons. The van der Waals surface area contributed by atoms with Gasteiger partial charge in [0.25, 0.3) is 5.56 Å². The van der Waals surface area contributed by atoms with Gasteiger partial charge in [-0.3, -0.25) is 4.79 Å². The van der Waals surface area contributed by atoms with Crippen molar-refractivity contribution in [3.05, 3.63) is 70.0 Å². The van der Waals surface area contributed by atoms with E-state index in [1.807, 2.05) is 23.7 Å². The third-order valence-corrected chi connectivity index (χ3v) is 7.06. The van der Waals surface area contributed by atoms with Crippen molar-refractivity contribution in [2.45, 2.75) is 65.0 Å². The normalized spacial score (nSPS) is 15.9. The largest absolute Gasteiger partial charge is 0.340 e. The maximum atomic E-state index is 13.2. The second-order valence-corrected chi connectivity index (χ2v) is 10.9. The third-order valence-electron chi connectivity index (χ3n) is 7.06. The molecule has 1 unspecified atom stereocenters. The Morgan fingerprint density at radius 2 is 1.92 bits per heavy atom. The van der Waals surface area contributed by atoms with Gasteiger partial charge in [0.05, 0.1) is 10.9 Å². The van der Waals surface area contributed by atoms with Gasteiger partial charge >= 0.3 is 0 Å². The number of nitrogens with one attached hydrogen (secondary N) is 1. The van der Waals surface area contributed by atoms with E-state index in [4.69, 9.17) is 4.98 Å². The Bertz CT molecular complexity index is 1480. The number of likely N-dealkylation sites (N-methyl/N-ethyl adjacent to an activating group) is 1. The number of nitrogens with zero attached hydrogens (tertiary/aromatic N) is 6. The predicted molar refractivity (Wildman–Crippen MR) is 145 cm³/mol. The minimum Gasteiger partial charge on any atom is -0.340 e. The monoisotopic (exact) mass is 485 g/mol. The lowest BCUT2D eigenvalue weighted by molar-refractivity contribution is 0.268. The summed E-state index contributed by atoms with van der Waals surface area (Å²) in [5, 5.41) is 4.04. The first kappa shape index (κ1) is 24.2. The highest BCUT2D eigenvalue weighted by molar-refractivity contribution is 5.82. The molecule has 5 rings (SSSR count). The van der Waals surface area contributed by atoms with Crippen molar-refractivity contribution >= 4 is 22.4 Å². The van der Waals surface area contributed by atoms with Gasteiger partial charge in [0, 0.05) is 48.2 Å². The molecule has 0 bridgehead atoms. The van der Waals surface area contributed by atoms with E-state index in [2.05, 4.69) is 73.3 Å². The molecule has 1 aromatic carbocycles. The zero-order chi connectivity index (χ0) is 25.6. The van der Waals surface area contributed by atoms with Gasteiger partial charge in [-0.1, -0.05) is 26.8 Å². The van der Waals surface area contributed by atoms with Gasteiger partial charge in [-0.2, -0.15) is 0 Å². The molecule has 1 atom stereocenters. The number of aryl methyl sites for hydroxylation is 1. The van der Waals surface area contributed by atoms with Crippen molar-refractivity contribution < 1.29 is 0 Å². The molecule has 3 aromatic heterocycles. The number of pyridine rings is 1. The van der Waals surface area contributed by atoms with Crippen LogP contribution in [0.2, 0.25) is 0 Å². The molecular formula is C28H35N7O. The quantitative estimate of drug-likeness (QED) is 0.450. The zero-order valence-corrected chi connectivity index (χ0v) is 22.0. The maximum absolute atomic E-state index is 13.2. The summed E-state index contributed by atoms with van der Waals surface area (Å²) in [6, 6.07) is 10.9. The molecular weight excluding hydrogens is 450 g/mol. The highest BCUT2D eigenvalue weighted by Gasteiger charge is 2.22. The van der Waals surface area contributed by atoms with Crippen molar-refractivity contribution in [2.24, 2.45) is 0 Å². The van der Waals surface area contributed by atoms with Crippen LogP contribution < -0.4 is 10.9 Å². The standard InChI is InChI=1S/C28H35N7O/c1-7-34-26(36)22-17-30-24(16-23(22)35(34)25-12-13-29-27(32-25)28(2,3)4)31-20-10-8-18-9-11-21(33(5)6)15-19(18)14-20/h8,10,12-14,16-17,21H,7,9,11,15H2,1-6H3,(H,30,31). The lowest BCUT2D eigenvalue weighted by atomic mass is 9.87. The summed E-state index contributed by atoms with van der Waals surface area (Å²) in [5.74, 6) is 2.09. The minimum atomic E-state index is -0.206. The van der Waals surface area contributed by atoms with Gasteiger partial charge in [-0.05, 0) is 63.5 Å². The molecule has 0 saturated heterocycles. The fourth-order valence-corrected chi connectivity index (χ4v) is 4.98. The van der Waals surface area contributed by atoms with Gasteiger partial charge in [-0.25, -0.2) is 24.3 Å². The fourth-order valence-electron chi connectivity index (χ4n) is 4.98. The molecule has 8 heteroatoms. The average molecular weight is 486 g/mol. The summed E-state index contributed by atoms with van der Waals surface area (Å²) >= 11 is 0. The predicted octanol–water partition coefficient (Wildman–Crippen LogP) is 4.46. The van der Waals surface area contributed by atoms with Gasteiger partial charge < -0.3 is 10.2 Å². The van der Waals surface area contributed by atoms with Gasteiger partial charge in [-0.15, -0.1) is 0 Å². The number of anilines is 2. The molecule has 1 aliphatic rings. The van der Waals surface area contributed by atoms with E-state index in [0.29, 0.717) is 29.6 Å². The lowest BCUT2D eigenvalue weighted by Gasteiger charge is -2.30. The summed E-state index contributed by atoms with van der Waals surface area (Å²) in [5.41, 5.74) is 4.29.